The molecule has 0 radical (unpaired) electrons. The summed E-state index contributed by atoms with van der Waals surface area (Å²) < 4.78 is 15.9. The van der Waals surface area contributed by atoms with E-state index in [0.29, 0.717) is 33.7 Å². The number of ketones is 1. The highest BCUT2D eigenvalue weighted by molar-refractivity contribution is 6.30. The van der Waals surface area contributed by atoms with E-state index in [1.807, 2.05) is 18.2 Å². The Hall–Kier alpha value is -3.51. The molecule has 1 N–H and O–H groups in total. The zero-order valence-corrected chi connectivity index (χ0v) is 17.6. The summed E-state index contributed by atoms with van der Waals surface area (Å²) in [6, 6.07) is 14.2. The van der Waals surface area contributed by atoms with Crippen LogP contribution in [-0.4, -0.2) is 32.1 Å². The quantitative estimate of drug-likeness (QED) is 0.385. The second-order valence-electron chi connectivity index (χ2n) is 6.18. The molecule has 0 fully saturated rings. The summed E-state index contributed by atoms with van der Waals surface area (Å²) in [4.78, 5) is 17.1. The number of carbonyl (C=O) groups excluding carboxylic acids is 1. The lowest BCUT2D eigenvalue weighted by Gasteiger charge is -2.13. The van der Waals surface area contributed by atoms with E-state index < -0.39 is 0 Å². The highest BCUT2D eigenvalue weighted by Crippen LogP contribution is 2.38. The van der Waals surface area contributed by atoms with Gasteiger partial charge in [0.05, 0.1) is 21.3 Å². The van der Waals surface area contributed by atoms with Crippen LogP contribution in [0.1, 0.15) is 15.9 Å². The third kappa shape index (κ3) is 4.90. The number of allylic oxidation sites excluding steroid dienone is 1. The highest BCUT2D eigenvalue weighted by atomic mass is 35.5. The molecule has 0 saturated heterocycles. The molecule has 0 aliphatic rings. The van der Waals surface area contributed by atoms with Crippen molar-refractivity contribution < 1.29 is 19.0 Å². The molecule has 2 aromatic carbocycles. The predicted molar refractivity (Wildman–Crippen MR) is 118 cm³/mol. The summed E-state index contributed by atoms with van der Waals surface area (Å²) in [6.45, 7) is 0. The van der Waals surface area contributed by atoms with Gasteiger partial charge in [-0.1, -0.05) is 11.6 Å². The van der Waals surface area contributed by atoms with E-state index in [9.17, 15) is 4.79 Å². The van der Waals surface area contributed by atoms with E-state index in [4.69, 9.17) is 25.8 Å². The first-order valence-corrected chi connectivity index (χ1v) is 9.43. The van der Waals surface area contributed by atoms with E-state index in [2.05, 4.69) is 10.3 Å². The SMILES string of the molecule is COc1cc(C(=O)C=Cc2cccnc2Nc2ccc(Cl)cc2)cc(OC)c1OC. The number of anilines is 2. The van der Waals surface area contributed by atoms with E-state index >= 15 is 0 Å². The number of pyridine rings is 1. The number of benzene rings is 2. The topological polar surface area (TPSA) is 69.7 Å². The highest BCUT2D eigenvalue weighted by Gasteiger charge is 2.16. The first-order chi connectivity index (χ1) is 14.5. The lowest BCUT2D eigenvalue weighted by Crippen LogP contribution is -2.01. The Balaban J connectivity index is 1.86. The molecule has 6 nitrogen and oxygen atoms in total. The fraction of sp³-hybridized carbons (Fsp3) is 0.130. The fourth-order valence-corrected chi connectivity index (χ4v) is 2.94. The zero-order chi connectivity index (χ0) is 21.5. The largest absolute Gasteiger partial charge is 0.493 e. The van der Waals surface area contributed by atoms with Gasteiger partial charge in [-0.3, -0.25) is 4.79 Å². The second kappa shape index (κ2) is 9.80. The van der Waals surface area contributed by atoms with Gasteiger partial charge in [-0.15, -0.1) is 0 Å². The summed E-state index contributed by atoms with van der Waals surface area (Å²) in [7, 11) is 4.52. The van der Waals surface area contributed by atoms with Gasteiger partial charge in [0.1, 0.15) is 5.82 Å². The number of nitrogens with one attached hydrogen (secondary N) is 1. The Labute approximate surface area is 180 Å². The minimum Gasteiger partial charge on any atom is -0.493 e. The van der Waals surface area contributed by atoms with Crippen LogP contribution in [0.25, 0.3) is 6.08 Å². The monoisotopic (exact) mass is 424 g/mol. The Bertz CT molecular complexity index is 1040. The molecule has 0 amide bonds. The predicted octanol–water partition coefficient (Wildman–Crippen LogP) is 5.40. The Morgan fingerprint density at radius 2 is 1.67 bits per heavy atom. The first-order valence-electron chi connectivity index (χ1n) is 9.05. The number of nitrogens with zero attached hydrogens (tertiary/aromatic N) is 1. The van der Waals surface area contributed by atoms with Crippen LogP contribution < -0.4 is 19.5 Å². The van der Waals surface area contributed by atoms with E-state index in [-0.39, 0.29) is 5.78 Å². The average molecular weight is 425 g/mol. The van der Waals surface area contributed by atoms with Crippen molar-refractivity contribution in [2.75, 3.05) is 26.6 Å². The molecule has 1 aromatic heterocycles. The van der Waals surface area contributed by atoms with Crippen LogP contribution in [0, 0.1) is 0 Å². The lowest BCUT2D eigenvalue weighted by molar-refractivity contribution is 0.104. The third-order valence-electron chi connectivity index (χ3n) is 4.31. The number of hydrogen-bond acceptors (Lipinski definition) is 6. The van der Waals surface area contributed by atoms with E-state index in [1.165, 1.54) is 27.4 Å². The maximum absolute atomic E-state index is 12.8. The lowest BCUT2D eigenvalue weighted by atomic mass is 10.1. The minimum atomic E-state index is -0.212. The van der Waals surface area contributed by atoms with Gasteiger partial charge in [0.25, 0.3) is 0 Å². The van der Waals surface area contributed by atoms with Gasteiger partial charge in [0.15, 0.2) is 17.3 Å². The Morgan fingerprint density at radius 3 is 2.27 bits per heavy atom. The first kappa shape index (κ1) is 21.2. The number of halogens is 1. The molecule has 0 spiro atoms. The maximum Gasteiger partial charge on any atom is 0.203 e. The summed E-state index contributed by atoms with van der Waals surface area (Å²) in [6.07, 6.45) is 4.86. The van der Waals surface area contributed by atoms with E-state index in [0.717, 1.165) is 11.3 Å². The van der Waals surface area contributed by atoms with Crippen LogP contribution in [0.3, 0.4) is 0 Å². The van der Waals surface area contributed by atoms with Gasteiger partial charge in [-0.2, -0.15) is 0 Å². The molecule has 3 rings (SSSR count). The van der Waals surface area contributed by atoms with Crippen LogP contribution >= 0.6 is 11.6 Å². The number of ether oxygens (including phenoxy) is 3. The minimum absolute atomic E-state index is 0.212. The molecular weight excluding hydrogens is 404 g/mol. The van der Waals surface area contributed by atoms with Gasteiger partial charge < -0.3 is 19.5 Å². The van der Waals surface area contributed by atoms with Gasteiger partial charge in [-0.25, -0.2) is 4.98 Å². The third-order valence-corrected chi connectivity index (χ3v) is 4.56. The number of carbonyl (C=O) groups is 1. The molecule has 154 valence electrons. The summed E-state index contributed by atoms with van der Waals surface area (Å²) in [5.74, 6) is 1.67. The van der Waals surface area contributed by atoms with Crippen LogP contribution in [-0.2, 0) is 0 Å². The summed E-state index contributed by atoms with van der Waals surface area (Å²) in [5.41, 5.74) is 2.01. The average Bonchev–Trinajstić information content (AvgIpc) is 2.78. The van der Waals surface area contributed by atoms with Gasteiger partial charge >= 0.3 is 0 Å². The number of aromatic nitrogens is 1. The second-order valence-corrected chi connectivity index (χ2v) is 6.62. The van der Waals surface area contributed by atoms with Gasteiger partial charge in [-0.05, 0) is 60.7 Å². The fourth-order valence-electron chi connectivity index (χ4n) is 2.81. The van der Waals surface area contributed by atoms with Gasteiger partial charge in [0.2, 0.25) is 5.75 Å². The van der Waals surface area contributed by atoms with Crippen LogP contribution in [0.5, 0.6) is 17.2 Å². The molecule has 0 atom stereocenters. The molecular formula is C23H21ClN2O4. The smallest absolute Gasteiger partial charge is 0.203 e. The van der Waals surface area contributed by atoms with Crippen molar-refractivity contribution in [3.8, 4) is 17.2 Å². The van der Waals surface area contributed by atoms with Crippen molar-refractivity contribution in [1.82, 2.24) is 4.98 Å². The molecule has 0 unspecified atom stereocenters. The molecule has 0 saturated carbocycles. The van der Waals surface area contributed by atoms with Gasteiger partial charge in [0, 0.05) is 28.0 Å². The molecule has 0 bridgehead atoms. The molecule has 0 aliphatic carbocycles. The zero-order valence-electron chi connectivity index (χ0n) is 16.8. The number of methoxy groups -OCH3 is 3. The molecule has 7 heteroatoms. The summed E-state index contributed by atoms with van der Waals surface area (Å²) >= 11 is 5.93. The van der Waals surface area contributed by atoms with Crippen molar-refractivity contribution in [3.63, 3.8) is 0 Å². The van der Waals surface area contributed by atoms with E-state index in [1.54, 1.807) is 42.6 Å². The normalized spacial score (nSPS) is 10.7. The van der Waals surface area contributed by atoms with Crippen molar-refractivity contribution >= 4 is 35.0 Å². The van der Waals surface area contributed by atoms with Crippen molar-refractivity contribution in [3.05, 3.63) is 77.0 Å². The van der Waals surface area contributed by atoms with Crippen molar-refractivity contribution in [2.24, 2.45) is 0 Å². The Morgan fingerprint density at radius 1 is 1.00 bits per heavy atom. The van der Waals surface area contributed by atoms with Crippen LogP contribution in [0.2, 0.25) is 5.02 Å². The number of rotatable bonds is 8. The number of hydrogen-bond donors (Lipinski definition) is 1. The van der Waals surface area contributed by atoms with Crippen molar-refractivity contribution in [1.29, 1.82) is 0 Å². The maximum atomic E-state index is 12.8. The van der Waals surface area contributed by atoms with Crippen LogP contribution in [0.15, 0.2) is 60.8 Å². The molecule has 30 heavy (non-hydrogen) atoms. The standard InChI is InChI=1S/C23H21ClN2O4/c1-28-20-13-16(14-21(29-2)22(20)30-3)19(27)11-6-15-5-4-12-25-23(15)26-18-9-7-17(24)8-10-18/h4-14H,1-3H3,(H,25,26). The molecule has 1 heterocycles. The molecule has 0 aliphatic heterocycles. The van der Waals surface area contributed by atoms with Crippen molar-refractivity contribution in [2.45, 2.75) is 0 Å². The Kier molecular flexibility index (Phi) is 6.93. The molecule has 3 aromatic rings. The summed E-state index contributed by atoms with van der Waals surface area (Å²) in [5, 5.41) is 3.88. The van der Waals surface area contributed by atoms with Crippen LogP contribution in [0.4, 0.5) is 11.5 Å².